The minimum absolute atomic E-state index is 0.530. The molecule has 0 aliphatic rings. The fourth-order valence-corrected chi connectivity index (χ4v) is 2.02. The van der Waals surface area contributed by atoms with Crippen LogP contribution >= 0.6 is 23.2 Å². The number of aromatic nitrogens is 4. The molecule has 0 aliphatic heterocycles. The van der Waals surface area contributed by atoms with Gasteiger partial charge in [-0.1, -0.05) is 23.2 Å². The molecule has 3 heterocycles. The minimum atomic E-state index is 0.530. The first-order chi connectivity index (χ1) is 7.65. The highest BCUT2D eigenvalue weighted by Crippen LogP contribution is 2.24. The average molecular weight is 253 g/mol. The highest BCUT2D eigenvalue weighted by Gasteiger charge is 2.09. The third-order valence-electron chi connectivity index (χ3n) is 2.28. The van der Waals surface area contributed by atoms with Crippen molar-refractivity contribution < 1.29 is 0 Å². The Balaban J connectivity index is 2.59. The predicted octanol–water partition coefficient (Wildman–Crippen LogP) is 2.89. The lowest BCUT2D eigenvalue weighted by Gasteiger charge is -2.01. The summed E-state index contributed by atoms with van der Waals surface area (Å²) >= 11 is 12.0. The Hall–Kier alpha value is -1.39. The van der Waals surface area contributed by atoms with Gasteiger partial charge in [-0.2, -0.15) is 5.10 Å². The molecule has 4 nitrogen and oxygen atoms in total. The van der Waals surface area contributed by atoms with Crippen LogP contribution in [0.3, 0.4) is 0 Å². The van der Waals surface area contributed by atoms with Crippen molar-refractivity contribution in [2.24, 2.45) is 0 Å². The van der Waals surface area contributed by atoms with E-state index in [4.69, 9.17) is 23.2 Å². The number of nitrogens with zero attached hydrogens (tertiary/aromatic N) is 4. The highest BCUT2D eigenvalue weighted by atomic mass is 35.5. The molecule has 3 rings (SSSR count). The van der Waals surface area contributed by atoms with E-state index in [-0.39, 0.29) is 0 Å². The van der Waals surface area contributed by atoms with Crippen molar-refractivity contribution in [3.8, 4) is 0 Å². The standard InChI is InChI=1S/C10H6Cl2N4/c1-5-14-10-7(12)3-8-9(16(10)15-5)2-6(11)4-13-8/h2-4H,1H3. The van der Waals surface area contributed by atoms with E-state index in [1.165, 1.54) is 0 Å². The average Bonchev–Trinajstić information content (AvgIpc) is 2.62. The van der Waals surface area contributed by atoms with Crippen LogP contribution in [0, 0.1) is 6.92 Å². The minimum Gasteiger partial charge on any atom is -0.253 e. The Bertz CT molecular complexity index is 705. The smallest absolute Gasteiger partial charge is 0.175 e. The van der Waals surface area contributed by atoms with E-state index in [9.17, 15) is 0 Å². The number of hydrogen-bond donors (Lipinski definition) is 0. The molecule has 0 saturated heterocycles. The van der Waals surface area contributed by atoms with Gasteiger partial charge in [0.25, 0.3) is 0 Å². The zero-order valence-corrected chi connectivity index (χ0v) is 9.79. The molecular weight excluding hydrogens is 247 g/mol. The first-order valence-electron chi connectivity index (χ1n) is 4.62. The fraction of sp³-hybridized carbons (Fsp3) is 0.100. The number of fused-ring (bicyclic) bond motifs is 3. The largest absolute Gasteiger partial charge is 0.253 e. The van der Waals surface area contributed by atoms with Gasteiger partial charge < -0.3 is 0 Å². The second-order valence-corrected chi connectivity index (χ2v) is 4.29. The quantitative estimate of drug-likeness (QED) is 0.618. The summed E-state index contributed by atoms with van der Waals surface area (Å²) in [4.78, 5) is 8.44. The Labute approximate surface area is 101 Å². The lowest BCUT2D eigenvalue weighted by molar-refractivity contribution is 0.963. The normalized spacial score (nSPS) is 11.4. The fourth-order valence-electron chi connectivity index (χ4n) is 1.64. The maximum Gasteiger partial charge on any atom is 0.175 e. The van der Waals surface area contributed by atoms with E-state index in [1.54, 1.807) is 22.8 Å². The molecule has 0 spiro atoms. The summed E-state index contributed by atoms with van der Waals surface area (Å²) in [6.45, 7) is 1.81. The molecule has 0 atom stereocenters. The van der Waals surface area contributed by atoms with E-state index >= 15 is 0 Å². The van der Waals surface area contributed by atoms with Gasteiger partial charge in [0.2, 0.25) is 0 Å². The molecule has 0 aromatic carbocycles. The van der Waals surface area contributed by atoms with E-state index in [0.29, 0.717) is 21.5 Å². The molecule has 0 amide bonds. The van der Waals surface area contributed by atoms with Gasteiger partial charge in [-0.05, 0) is 19.1 Å². The van der Waals surface area contributed by atoms with Crippen molar-refractivity contribution in [3.05, 3.63) is 34.2 Å². The first-order valence-corrected chi connectivity index (χ1v) is 5.38. The molecule has 0 unspecified atom stereocenters. The maximum absolute atomic E-state index is 6.09. The number of hydrogen-bond acceptors (Lipinski definition) is 3. The number of rotatable bonds is 0. The number of pyridine rings is 2. The van der Waals surface area contributed by atoms with Gasteiger partial charge in [-0.15, -0.1) is 0 Å². The lowest BCUT2D eigenvalue weighted by atomic mass is 10.3. The second-order valence-electron chi connectivity index (χ2n) is 3.44. The molecule has 3 aromatic heterocycles. The second kappa shape index (κ2) is 3.30. The van der Waals surface area contributed by atoms with Crippen molar-refractivity contribution in [3.63, 3.8) is 0 Å². The van der Waals surface area contributed by atoms with E-state index < -0.39 is 0 Å². The third-order valence-corrected chi connectivity index (χ3v) is 2.77. The van der Waals surface area contributed by atoms with Gasteiger partial charge in [-0.3, -0.25) is 4.98 Å². The van der Waals surface area contributed by atoms with Gasteiger partial charge in [0.15, 0.2) is 5.65 Å². The van der Waals surface area contributed by atoms with Crippen molar-refractivity contribution in [2.75, 3.05) is 0 Å². The van der Waals surface area contributed by atoms with Gasteiger partial charge in [0.1, 0.15) is 5.82 Å². The molecule has 0 fully saturated rings. The summed E-state index contributed by atoms with van der Waals surface area (Å²) in [6, 6.07) is 3.55. The highest BCUT2D eigenvalue weighted by molar-refractivity contribution is 6.34. The Kier molecular flexibility index (Phi) is 2.02. The van der Waals surface area contributed by atoms with Crippen molar-refractivity contribution >= 4 is 39.9 Å². The van der Waals surface area contributed by atoms with Crippen LogP contribution < -0.4 is 0 Å². The molecule has 0 N–H and O–H groups in total. The van der Waals surface area contributed by atoms with Crippen molar-refractivity contribution in [2.45, 2.75) is 6.92 Å². The van der Waals surface area contributed by atoms with Crippen LogP contribution in [-0.4, -0.2) is 19.6 Å². The van der Waals surface area contributed by atoms with Gasteiger partial charge in [-0.25, -0.2) is 9.50 Å². The lowest BCUT2D eigenvalue weighted by Crippen LogP contribution is -1.93. The molecular formula is C10H6Cl2N4. The van der Waals surface area contributed by atoms with Crippen molar-refractivity contribution in [1.29, 1.82) is 0 Å². The molecule has 0 aliphatic carbocycles. The zero-order valence-electron chi connectivity index (χ0n) is 8.28. The molecule has 0 bridgehead atoms. The zero-order chi connectivity index (χ0) is 11.3. The topological polar surface area (TPSA) is 43.1 Å². The van der Waals surface area contributed by atoms with Gasteiger partial charge in [0, 0.05) is 6.20 Å². The number of aryl methyl sites for hydroxylation is 1. The number of halogens is 2. The Morgan fingerprint density at radius 2 is 2.06 bits per heavy atom. The molecule has 6 heteroatoms. The van der Waals surface area contributed by atoms with E-state index in [1.807, 2.05) is 6.92 Å². The SMILES string of the molecule is Cc1nc2c(Cl)cc3ncc(Cl)cc3n2n1. The predicted molar refractivity (Wildman–Crippen MR) is 63.0 cm³/mol. The summed E-state index contributed by atoms with van der Waals surface area (Å²) in [5, 5.41) is 5.36. The summed E-state index contributed by atoms with van der Waals surface area (Å²) in [5.74, 6) is 0.661. The Morgan fingerprint density at radius 3 is 2.88 bits per heavy atom. The molecule has 0 radical (unpaired) electrons. The first kappa shape index (κ1) is 9.81. The van der Waals surface area contributed by atoms with Crippen LogP contribution in [0.2, 0.25) is 10.0 Å². The van der Waals surface area contributed by atoms with Crippen LogP contribution in [0.5, 0.6) is 0 Å². The van der Waals surface area contributed by atoms with Crippen LogP contribution in [0.4, 0.5) is 0 Å². The molecule has 0 saturated carbocycles. The van der Waals surface area contributed by atoms with Crippen molar-refractivity contribution in [1.82, 2.24) is 19.6 Å². The van der Waals surface area contributed by atoms with Gasteiger partial charge >= 0.3 is 0 Å². The molecule has 16 heavy (non-hydrogen) atoms. The van der Waals surface area contributed by atoms with E-state index in [2.05, 4.69) is 15.1 Å². The Morgan fingerprint density at radius 1 is 1.25 bits per heavy atom. The maximum atomic E-state index is 6.09. The monoisotopic (exact) mass is 252 g/mol. The van der Waals surface area contributed by atoms with Crippen LogP contribution in [-0.2, 0) is 0 Å². The van der Waals surface area contributed by atoms with Crippen LogP contribution in [0.15, 0.2) is 18.3 Å². The third kappa shape index (κ3) is 1.34. The molecule has 3 aromatic rings. The molecule has 80 valence electrons. The van der Waals surface area contributed by atoms with E-state index in [0.717, 1.165) is 11.0 Å². The van der Waals surface area contributed by atoms with Crippen LogP contribution in [0.25, 0.3) is 16.7 Å². The summed E-state index contributed by atoms with van der Waals surface area (Å²) in [6.07, 6.45) is 1.58. The summed E-state index contributed by atoms with van der Waals surface area (Å²) in [7, 11) is 0. The summed E-state index contributed by atoms with van der Waals surface area (Å²) < 4.78 is 1.66. The summed E-state index contributed by atoms with van der Waals surface area (Å²) in [5.41, 5.74) is 2.16. The van der Waals surface area contributed by atoms with Crippen LogP contribution in [0.1, 0.15) is 5.82 Å². The van der Waals surface area contributed by atoms with Gasteiger partial charge in [0.05, 0.1) is 21.1 Å².